The highest BCUT2D eigenvalue weighted by molar-refractivity contribution is 6.00. The van der Waals surface area contributed by atoms with Gasteiger partial charge in [-0.25, -0.2) is 0 Å². The average Bonchev–Trinajstić information content (AvgIpc) is 2.32. The summed E-state index contributed by atoms with van der Waals surface area (Å²) in [5.41, 5.74) is 8.70. The largest absolute Gasteiger partial charge is 0.398 e. The quantitative estimate of drug-likeness (QED) is 0.738. The zero-order valence-electron chi connectivity index (χ0n) is 11.6. The third-order valence-corrected chi connectivity index (χ3v) is 3.17. The second-order valence-electron chi connectivity index (χ2n) is 5.20. The maximum Gasteiger partial charge on any atom is 0.0531 e. The van der Waals surface area contributed by atoms with Crippen molar-refractivity contribution in [3.63, 3.8) is 0 Å². The Hall–Kier alpha value is -1.81. The molecule has 0 fully saturated rings. The Labute approximate surface area is 113 Å². The molecular weight excluding hydrogens is 238 g/mol. The number of rotatable bonds is 4. The molecule has 19 heavy (non-hydrogen) atoms. The Morgan fingerprint density at radius 3 is 2.74 bits per heavy atom. The minimum atomic E-state index is -0.314. The molecular formula is C15H21N3O. The fraction of sp³-hybridized carbons (Fsp3) is 0.400. The van der Waals surface area contributed by atoms with E-state index in [1.807, 2.05) is 31.3 Å². The third kappa shape index (κ3) is 3.15. The van der Waals surface area contributed by atoms with E-state index in [4.69, 9.17) is 5.73 Å². The molecule has 1 heterocycles. The number of nitrogen functional groups attached to an aromatic ring is 1. The lowest BCUT2D eigenvalue weighted by Crippen LogP contribution is -2.20. The minimum Gasteiger partial charge on any atom is -0.398 e. The highest BCUT2D eigenvalue weighted by Gasteiger charge is 2.10. The maximum absolute atomic E-state index is 9.43. The summed E-state index contributed by atoms with van der Waals surface area (Å²) in [6, 6.07) is 6.09. The van der Waals surface area contributed by atoms with Crippen LogP contribution in [0.5, 0.6) is 0 Å². The molecule has 102 valence electrons. The predicted octanol–water partition coefficient (Wildman–Crippen LogP) is 2.70. The number of fused-ring (bicyclic) bond motifs is 1. The molecule has 2 rings (SSSR count). The number of anilines is 2. The second-order valence-corrected chi connectivity index (χ2v) is 5.20. The van der Waals surface area contributed by atoms with Gasteiger partial charge in [-0.1, -0.05) is 0 Å². The van der Waals surface area contributed by atoms with Crippen molar-refractivity contribution in [1.82, 2.24) is 4.98 Å². The van der Waals surface area contributed by atoms with Gasteiger partial charge in [0.05, 0.1) is 6.10 Å². The molecule has 2 aromatic rings. The first-order valence-corrected chi connectivity index (χ1v) is 6.57. The molecule has 2 atom stereocenters. The van der Waals surface area contributed by atoms with E-state index in [0.29, 0.717) is 6.42 Å². The van der Waals surface area contributed by atoms with Gasteiger partial charge in [-0.15, -0.1) is 0 Å². The van der Waals surface area contributed by atoms with Crippen molar-refractivity contribution in [2.24, 2.45) is 0 Å². The Morgan fingerprint density at radius 2 is 2.05 bits per heavy atom. The average molecular weight is 259 g/mol. The summed E-state index contributed by atoms with van der Waals surface area (Å²) in [5.74, 6) is 0. The van der Waals surface area contributed by atoms with E-state index in [1.165, 1.54) is 0 Å². The van der Waals surface area contributed by atoms with Gasteiger partial charge in [-0.2, -0.15) is 0 Å². The van der Waals surface area contributed by atoms with Crippen LogP contribution in [0.4, 0.5) is 11.4 Å². The molecule has 2 unspecified atom stereocenters. The van der Waals surface area contributed by atoms with Crippen molar-refractivity contribution < 1.29 is 5.11 Å². The lowest BCUT2D eigenvalue weighted by molar-refractivity contribution is 0.179. The van der Waals surface area contributed by atoms with Crippen LogP contribution in [-0.4, -0.2) is 22.2 Å². The van der Waals surface area contributed by atoms with Crippen molar-refractivity contribution in [2.75, 3.05) is 11.1 Å². The number of aromatic nitrogens is 1. The normalized spacial score (nSPS) is 14.3. The SMILES string of the molecule is Cc1cc2c(NC(C)CC(C)O)ccc(N)c2cn1. The summed E-state index contributed by atoms with van der Waals surface area (Å²) in [5, 5.41) is 14.9. The molecule has 0 radical (unpaired) electrons. The van der Waals surface area contributed by atoms with Crippen LogP contribution in [0, 0.1) is 6.92 Å². The molecule has 0 spiro atoms. The third-order valence-electron chi connectivity index (χ3n) is 3.17. The van der Waals surface area contributed by atoms with E-state index < -0.39 is 0 Å². The minimum absolute atomic E-state index is 0.195. The molecule has 0 bridgehead atoms. The predicted molar refractivity (Wildman–Crippen MR) is 80.3 cm³/mol. The number of aliphatic hydroxyl groups excluding tert-OH is 1. The molecule has 0 aliphatic rings. The zero-order valence-corrected chi connectivity index (χ0v) is 11.6. The number of hydrogen-bond donors (Lipinski definition) is 3. The van der Waals surface area contributed by atoms with Gasteiger partial charge in [-0.3, -0.25) is 4.98 Å². The van der Waals surface area contributed by atoms with Crippen molar-refractivity contribution in [3.8, 4) is 0 Å². The molecule has 4 heteroatoms. The fourth-order valence-corrected chi connectivity index (χ4v) is 2.33. The molecule has 4 nitrogen and oxygen atoms in total. The summed E-state index contributed by atoms with van der Waals surface area (Å²) >= 11 is 0. The number of pyridine rings is 1. The monoisotopic (exact) mass is 259 g/mol. The lowest BCUT2D eigenvalue weighted by atomic mass is 10.1. The maximum atomic E-state index is 9.43. The summed E-state index contributed by atoms with van der Waals surface area (Å²) < 4.78 is 0. The van der Waals surface area contributed by atoms with E-state index in [0.717, 1.165) is 27.8 Å². The van der Waals surface area contributed by atoms with Gasteiger partial charge in [0.2, 0.25) is 0 Å². The van der Waals surface area contributed by atoms with E-state index in [-0.39, 0.29) is 12.1 Å². The summed E-state index contributed by atoms with van der Waals surface area (Å²) in [4.78, 5) is 4.29. The Bertz CT molecular complexity index is 581. The van der Waals surface area contributed by atoms with Crippen molar-refractivity contribution >= 4 is 22.1 Å². The smallest absolute Gasteiger partial charge is 0.0531 e. The zero-order chi connectivity index (χ0) is 14.0. The van der Waals surface area contributed by atoms with Gasteiger partial charge in [0.25, 0.3) is 0 Å². The van der Waals surface area contributed by atoms with Crippen molar-refractivity contribution in [2.45, 2.75) is 39.3 Å². The standard InChI is InChI=1S/C15H21N3O/c1-9-7-12-13(8-17-9)14(16)4-5-15(12)18-10(2)6-11(3)19/h4-5,7-8,10-11,18-19H,6,16H2,1-3H3. The van der Waals surface area contributed by atoms with Crippen LogP contribution >= 0.6 is 0 Å². The first-order valence-electron chi connectivity index (χ1n) is 6.57. The first kappa shape index (κ1) is 13.6. The van der Waals surface area contributed by atoms with Crippen LogP contribution in [-0.2, 0) is 0 Å². The van der Waals surface area contributed by atoms with Gasteiger partial charge < -0.3 is 16.2 Å². The van der Waals surface area contributed by atoms with Gasteiger partial charge in [0, 0.05) is 40.1 Å². The number of hydrogen-bond acceptors (Lipinski definition) is 4. The van der Waals surface area contributed by atoms with Gasteiger partial charge in [0.1, 0.15) is 0 Å². The van der Waals surface area contributed by atoms with Crippen LogP contribution < -0.4 is 11.1 Å². The molecule has 0 aliphatic heterocycles. The highest BCUT2D eigenvalue weighted by atomic mass is 16.3. The number of nitrogens with one attached hydrogen (secondary N) is 1. The number of nitrogens with zero attached hydrogens (tertiary/aromatic N) is 1. The van der Waals surface area contributed by atoms with Crippen LogP contribution in [0.1, 0.15) is 26.0 Å². The number of benzene rings is 1. The molecule has 1 aromatic heterocycles. The van der Waals surface area contributed by atoms with Crippen molar-refractivity contribution in [1.29, 1.82) is 0 Å². The molecule has 0 aliphatic carbocycles. The Balaban J connectivity index is 2.38. The lowest BCUT2D eigenvalue weighted by Gasteiger charge is -2.19. The van der Waals surface area contributed by atoms with Gasteiger partial charge in [-0.05, 0) is 45.4 Å². The highest BCUT2D eigenvalue weighted by Crippen LogP contribution is 2.29. The number of aliphatic hydroxyl groups is 1. The molecule has 0 amide bonds. The van der Waals surface area contributed by atoms with Crippen LogP contribution in [0.3, 0.4) is 0 Å². The molecule has 4 N–H and O–H groups in total. The van der Waals surface area contributed by atoms with Gasteiger partial charge in [0.15, 0.2) is 0 Å². The summed E-state index contributed by atoms with van der Waals surface area (Å²) in [6.07, 6.45) is 2.20. The first-order chi connectivity index (χ1) is 8.97. The van der Waals surface area contributed by atoms with E-state index in [9.17, 15) is 5.11 Å². The summed E-state index contributed by atoms with van der Waals surface area (Å²) in [6.45, 7) is 5.82. The van der Waals surface area contributed by atoms with Crippen LogP contribution in [0.15, 0.2) is 24.4 Å². The van der Waals surface area contributed by atoms with E-state index >= 15 is 0 Å². The van der Waals surface area contributed by atoms with Crippen LogP contribution in [0.2, 0.25) is 0 Å². The van der Waals surface area contributed by atoms with Gasteiger partial charge >= 0.3 is 0 Å². The Morgan fingerprint density at radius 1 is 1.32 bits per heavy atom. The second kappa shape index (κ2) is 5.45. The number of aryl methyl sites for hydroxylation is 1. The molecule has 1 aromatic carbocycles. The number of nitrogens with two attached hydrogens (primary N) is 1. The topological polar surface area (TPSA) is 71.2 Å². The van der Waals surface area contributed by atoms with E-state index in [1.54, 1.807) is 6.92 Å². The fourth-order valence-electron chi connectivity index (χ4n) is 2.33. The van der Waals surface area contributed by atoms with E-state index in [2.05, 4.69) is 17.2 Å². The summed E-state index contributed by atoms with van der Waals surface area (Å²) in [7, 11) is 0. The van der Waals surface area contributed by atoms with Crippen LogP contribution in [0.25, 0.3) is 10.8 Å². The molecule has 0 saturated heterocycles. The molecule has 0 saturated carbocycles. The Kier molecular flexibility index (Phi) is 3.90. The van der Waals surface area contributed by atoms with Crippen molar-refractivity contribution in [3.05, 3.63) is 30.1 Å².